The van der Waals surface area contributed by atoms with Crippen LogP contribution in [0.3, 0.4) is 0 Å². The highest BCUT2D eigenvalue weighted by atomic mass is 35.5. The number of imide groups is 1. The van der Waals surface area contributed by atoms with E-state index >= 15 is 0 Å². The maximum absolute atomic E-state index is 13.6. The molecule has 0 unspecified atom stereocenters. The van der Waals surface area contributed by atoms with Gasteiger partial charge >= 0.3 is 0 Å². The van der Waals surface area contributed by atoms with Gasteiger partial charge < -0.3 is 4.74 Å². The molecule has 8 heteroatoms. The minimum absolute atomic E-state index is 0.359. The third-order valence-electron chi connectivity index (χ3n) is 5.72. The average Bonchev–Trinajstić information content (AvgIpc) is 3.30. The lowest BCUT2D eigenvalue weighted by molar-refractivity contribution is -0.126. The van der Waals surface area contributed by atoms with Crippen molar-refractivity contribution >= 4 is 46.4 Å². The number of hydrogen-bond acceptors (Lipinski definition) is 5. The molecule has 2 saturated heterocycles. The SMILES string of the molecule is COc1cccc(N2C(=O)[C@@H]3[C@@H](c4ccc(Cl)cc4Cl)N(c4ccccc4)O[C@H]3C2=O)c1. The standard InChI is InChI=1S/C24H18Cl2N2O4/c1-31-17-9-5-8-16(13-17)27-23(29)20-21(18-11-10-14(25)12-19(18)26)28(32-22(20)24(27)30)15-6-3-2-4-7-15/h2-13,20-22H,1H3/t20-,21-,22-/m1/s1. The van der Waals surface area contributed by atoms with E-state index in [9.17, 15) is 9.59 Å². The Morgan fingerprint density at radius 1 is 0.875 bits per heavy atom. The third-order valence-corrected chi connectivity index (χ3v) is 6.28. The molecule has 2 amide bonds. The van der Waals surface area contributed by atoms with E-state index in [1.807, 2.05) is 30.3 Å². The van der Waals surface area contributed by atoms with Crippen molar-refractivity contribution in [2.75, 3.05) is 17.1 Å². The van der Waals surface area contributed by atoms with Crippen LogP contribution in [0, 0.1) is 5.92 Å². The minimum atomic E-state index is -0.981. The summed E-state index contributed by atoms with van der Waals surface area (Å²) in [5, 5.41) is 2.48. The van der Waals surface area contributed by atoms with Crippen molar-refractivity contribution in [1.82, 2.24) is 0 Å². The first kappa shape index (κ1) is 20.8. The zero-order valence-corrected chi connectivity index (χ0v) is 18.5. The van der Waals surface area contributed by atoms with Crippen LogP contribution in [0.1, 0.15) is 11.6 Å². The molecule has 0 spiro atoms. The summed E-state index contributed by atoms with van der Waals surface area (Å²) in [4.78, 5) is 34.3. The molecule has 0 saturated carbocycles. The number of rotatable bonds is 4. The van der Waals surface area contributed by atoms with Gasteiger partial charge in [0.25, 0.3) is 5.91 Å². The number of amides is 2. The lowest BCUT2D eigenvalue weighted by Crippen LogP contribution is -2.37. The fraction of sp³-hybridized carbons (Fsp3) is 0.167. The summed E-state index contributed by atoms with van der Waals surface area (Å²) in [6, 6.07) is 20.6. The van der Waals surface area contributed by atoms with Crippen molar-refractivity contribution in [2.45, 2.75) is 12.1 Å². The van der Waals surface area contributed by atoms with Crippen LogP contribution in [-0.2, 0) is 14.4 Å². The minimum Gasteiger partial charge on any atom is -0.497 e. The second-order valence-electron chi connectivity index (χ2n) is 7.54. The Balaban J connectivity index is 1.60. The van der Waals surface area contributed by atoms with E-state index in [0.717, 1.165) is 4.90 Å². The lowest BCUT2D eigenvalue weighted by atomic mass is 9.90. The van der Waals surface area contributed by atoms with Crippen LogP contribution in [0.2, 0.25) is 10.0 Å². The van der Waals surface area contributed by atoms with Gasteiger partial charge in [0.05, 0.1) is 24.5 Å². The highest BCUT2D eigenvalue weighted by Crippen LogP contribution is 2.49. The first-order chi connectivity index (χ1) is 15.5. The number of hydrogen-bond donors (Lipinski definition) is 0. The van der Waals surface area contributed by atoms with Gasteiger partial charge in [-0.1, -0.05) is 53.5 Å². The smallest absolute Gasteiger partial charge is 0.266 e. The van der Waals surface area contributed by atoms with Gasteiger partial charge in [0.1, 0.15) is 11.7 Å². The van der Waals surface area contributed by atoms with Gasteiger partial charge in [-0.25, -0.2) is 9.96 Å². The largest absolute Gasteiger partial charge is 0.497 e. The molecule has 3 aromatic rings. The number of para-hydroxylation sites is 1. The number of benzene rings is 3. The van der Waals surface area contributed by atoms with Crippen molar-refractivity contribution in [3.05, 3.63) is 88.4 Å². The molecule has 2 fully saturated rings. The molecule has 0 bridgehead atoms. The molecule has 3 aromatic carbocycles. The maximum atomic E-state index is 13.6. The molecular weight excluding hydrogens is 451 g/mol. The Morgan fingerprint density at radius 3 is 2.34 bits per heavy atom. The van der Waals surface area contributed by atoms with Crippen LogP contribution in [0.4, 0.5) is 11.4 Å². The number of fused-ring (bicyclic) bond motifs is 1. The monoisotopic (exact) mass is 468 g/mol. The summed E-state index contributed by atoms with van der Waals surface area (Å²) < 4.78 is 5.25. The molecule has 2 heterocycles. The highest BCUT2D eigenvalue weighted by molar-refractivity contribution is 6.35. The topological polar surface area (TPSA) is 59.1 Å². The predicted octanol–water partition coefficient (Wildman–Crippen LogP) is 5.05. The first-order valence-corrected chi connectivity index (χ1v) is 10.7. The van der Waals surface area contributed by atoms with Crippen molar-refractivity contribution in [3.8, 4) is 5.75 Å². The van der Waals surface area contributed by atoms with Crippen LogP contribution in [0.15, 0.2) is 72.8 Å². The number of halogens is 2. The third kappa shape index (κ3) is 3.32. The number of anilines is 2. The number of carbonyl (C=O) groups excluding carboxylic acids is 2. The van der Waals surface area contributed by atoms with E-state index in [1.54, 1.807) is 47.5 Å². The van der Waals surface area contributed by atoms with Crippen molar-refractivity contribution in [2.24, 2.45) is 5.92 Å². The van der Waals surface area contributed by atoms with E-state index in [2.05, 4.69) is 0 Å². The molecule has 2 aliphatic heterocycles. The Kier molecular flexibility index (Phi) is 5.29. The summed E-state index contributed by atoms with van der Waals surface area (Å²) in [5.41, 5.74) is 1.80. The van der Waals surface area contributed by atoms with Crippen LogP contribution in [0.25, 0.3) is 0 Å². The van der Waals surface area contributed by atoms with Gasteiger partial charge in [-0.2, -0.15) is 0 Å². The zero-order chi connectivity index (χ0) is 22.4. The van der Waals surface area contributed by atoms with Gasteiger partial charge in [-0.05, 0) is 42.0 Å². The molecule has 0 radical (unpaired) electrons. The summed E-state index contributed by atoms with van der Waals surface area (Å²) in [6.45, 7) is 0. The van der Waals surface area contributed by atoms with Gasteiger partial charge in [0.15, 0.2) is 6.10 Å². The van der Waals surface area contributed by atoms with Crippen LogP contribution in [-0.4, -0.2) is 25.0 Å². The Labute approximate surface area is 194 Å². The summed E-state index contributed by atoms with van der Waals surface area (Å²) in [5.74, 6) is -1.03. The highest BCUT2D eigenvalue weighted by Gasteiger charge is 2.60. The summed E-state index contributed by atoms with van der Waals surface area (Å²) in [6.07, 6.45) is -0.981. The number of ether oxygens (including phenoxy) is 1. The van der Waals surface area contributed by atoms with Gasteiger partial charge in [0.2, 0.25) is 5.91 Å². The molecule has 5 rings (SSSR count). The first-order valence-electron chi connectivity index (χ1n) is 9.97. The van der Waals surface area contributed by atoms with Crippen LogP contribution < -0.4 is 14.7 Å². The molecule has 32 heavy (non-hydrogen) atoms. The van der Waals surface area contributed by atoms with E-state index in [0.29, 0.717) is 32.7 Å². The number of carbonyl (C=O) groups is 2. The van der Waals surface area contributed by atoms with E-state index in [1.165, 1.54) is 7.11 Å². The second-order valence-corrected chi connectivity index (χ2v) is 8.38. The van der Waals surface area contributed by atoms with Crippen LogP contribution >= 0.6 is 23.2 Å². The normalized spacial score (nSPS) is 22.4. The van der Waals surface area contributed by atoms with Gasteiger partial charge in [-0.15, -0.1) is 0 Å². The Bertz CT molecular complexity index is 1200. The predicted molar refractivity (Wildman–Crippen MR) is 122 cm³/mol. The zero-order valence-electron chi connectivity index (χ0n) is 16.9. The average molecular weight is 469 g/mol. The molecule has 0 aromatic heterocycles. The van der Waals surface area contributed by atoms with E-state index in [-0.39, 0.29) is 5.91 Å². The van der Waals surface area contributed by atoms with E-state index < -0.39 is 24.0 Å². The van der Waals surface area contributed by atoms with Crippen molar-refractivity contribution < 1.29 is 19.2 Å². The number of methoxy groups -OCH3 is 1. The molecule has 3 atom stereocenters. The maximum Gasteiger partial charge on any atom is 0.266 e. The molecule has 0 N–H and O–H groups in total. The quantitative estimate of drug-likeness (QED) is 0.501. The fourth-order valence-corrected chi connectivity index (χ4v) is 4.79. The fourth-order valence-electron chi connectivity index (χ4n) is 4.27. The molecule has 2 aliphatic rings. The van der Waals surface area contributed by atoms with E-state index in [4.69, 9.17) is 32.8 Å². The Hall–Kier alpha value is -3.06. The molecule has 162 valence electrons. The Morgan fingerprint density at radius 2 is 1.62 bits per heavy atom. The summed E-state index contributed by atoms with van der Waals surface area (Å²) >= 11 is 12.6. The second kappa shape index (κ2) is 8.13. The van der Waals surface area contributed by atoms with Gasteiger partial charge in [-0.3, -0.25) is 14.4 Å². The van der Waals surface area contributed by atoms with Crippen molar-refractivity contribution in [3.63, 3.8) is 0 Å². The number of hydroxylamine groups is 1. The lowest BCUT2D eigenvalue weighted by Gasteiger charge is -2.29. The van der Waals surface area contributed by atoms with Gasteiger partial charge in [0, 0.05) is 16.1 Å². The molecule has 6 nitrogen and oxygen atoms in total. The van der Waals surface area contributed by atoms with Crippen LogP contribution in [0.5, 0.6) is 5.75 Å². The summed E-state index contributed by atoms with van der Waals surface area (Å²) in [7, 11) is 1.53. The van der Waals surface area contributed by atoms with Crippen molar-refractivity contribution in [1.29, 1.82) is 0 Å². The molecular formula is C24H18Cl2N2O4. The molecule has 0 aliphatic carbocycles. The number of nitrogens with zero attached hydrogens (tertiary/aromatic N) is 2.